The van der Waals surface area contributed by atoms with Crippen molar-refractivity contribution in [2.24, 2.45) is 0 Å². The van der Waals surface area contributed by atoms with Gasteiger partial charge >= 0.3 is 0 Å². The van der Waals surface area contributed by atoms with Crippen molar-refractivity contribution in [3.8, 4) is 0 Å². The number of anilines is 2. The summed E-state index contributed by atoms with van der Waals surface area (Å²) in [6.45, 7) is 2.02. The van der Waals surface area contributed by atoms with Gasteiger partial charge in [-0.15, -0.1) is 0 Å². The third kappa shape index (κ3) is 2.41. The van der Waals surface area contributed by atoms with E-state index in [-0.39, 0.29) is 6.61 Å². The number of fused-ring (bicyclic) bond motifs is 2. The van der Waals surface area contributed by atoms with Crippen LogP contribution in [0.3, 0.4) is 0 Å². The van der Waals surface area contributed by atoms with E-state index in [1.165, 1.54) is 0 Å². The zero-order valence-electron chi connectivity index (χ0n) is 12.7. The van der Waals surface area contributed by atoms with E-state index in [0.29, 0.717) is 5.95 Å². The molecule has 0 saturated heterocycles. The number of para-hydroxylation sites is 1. The molecule has 0 atom stereocenters. The average Bonchev–Trinajstić information content (AvgIpc) is 3.03. The molecule has 0 radical (unpaired) electrons. The molecule has 5 heteroatoms. The summed E-state index contributed by atoms with van der Waals surface area (Å²) in [7, 11) is 0. The molecule has 2 aromatic carbocycles. The molecule has 2 heterocycles. The van der Waals surface area contributed by atoms with Crippen LogP contribution in [0.15, 0.2) is 48.8 Å². The van der Waals surface area contributed by atoms with E-state index < -0.39 is 0 Å². The van der Waals surface area contributed by atoms with Gasteiger partial charge in [-0.05, 0) is 36.2 Å². The van der Waals surface area contributed by atoms with Crippen molar-refractivity contribution in [3.05, 3.63) is 59.9 Å². The molecule has 0 aliphatic carbocycles. The van der Waals surface area contributed by atoms with Gasteiger partial charge in [0.05, 0.1) is 12.1 Å². The van der Waals surface area contributed by atoms with Crippen molar-refractivity contribution in [1.82, 2.24) is 15.0 Å². The zero-order chi connectivity index (χ0) is 15.8. The molecule has 0 spiro atoms. The summed E-state index contributed by atoms with van der Waals surface area (Å²) >= 11 is 0. The molecule has 114 valence electrons. The number of rotatable bonds is 3. The van der Waals surface area contributed by atoms with Crippen LogP contribution in [-0.2, 0) is 6.61 Å². The van der Waals surface area contributed by atoms with Crippen LogP contribution >= 0.6 is 0 Å². The van der Waals surface area contributed by atoms with Crippen LogP contribution in [0.2, 0.25) is 0 Å². The summed E-state index contributed by atoms with van der Waals surface area (Å²) in [5, 5.41) is 14.8. The molecular weight excluding hydrogens is 288 g/mol. The van der Waals surface area contributed by atoms with Gasteiger partial charge in [-0.1, -0.05) is 18.2 Å². The quantitative estimate of drug-likeness (QED) is 0.540. The van der Waals surface area contributed by atoms with E-state index in [1.54, 1.807) is 0 Å². The lowest BCUT2D eigenvalue weighted by atomic mass is 10.1. The number of hydrogen-bond acceptors (Lipinski definition) is 4. The Bertz CT molecular complexity index is 1010. The normalized spacial score (nSPS) is 11.2. The van der Waals surface area contributed by atoms with Gasteiger partial charge in [0.2, 0.25) is 5.95 Å². The molecule has 0 amide bonds. The SMILES string of the molecule is Cc1cccc2cnc(Nc3cc(CO)c4cc[nH]c4c3)nc12. The van der Waals surface area contributed by atoms with Crippen LogP contribution in [0.1, 0.15) is 11.1 Å². The number of aromatic nitrogens is 3. The van der Waals surface area contributed by atoms with E-state index in [9.17, 15) is 5.11 Å². The molecule has 3 N–H and O–H groups in total. The standard InChI is InChI=1S/C18H16N4O/c1-11-3-2-4-12-9-20-18(22-17(11)12)21-14-7-13(10-23)15-5-6-19-16(15)8-14/h2-9,19,23H,10H2,1H3,(H,20,21,22). The van der Waals surface area contributed by atoms with Crippen LogP contribution in [-0.4, -0.2) is 20.1 Å². The largest absolute Gasteiger partial charge is 0.392 e. The second kappa shape index (κ2) is 5.37. The first-order valence-electron chi connectivity index (χ1n) is 7.45. The monoisotopic (exact) mass is 304 g/mol. The number of aliphatic hydroxyl groups is 1. The minimum Gasteiger partial charge on any atom is -0.392 e. The van der Waals surface area contributed by atoms with Crippen molar-refractivity contribution in [2.45, 2.75) is 13.5 Å². The number of benzene rings is 2. The third-order valence-electron chi connectivity index (χ3n) is 3.99. The topological polar surface area (TPSA) is 73.8 Å². The lowest BCUT2D eigenvalue weighted by Gasteiger charge is -2.09. The van der Waals surface area contributed by atoms with Gasteiger partial charge in [0.15, 0.2) is 0 Å². The van der Waals surface area contributed by atoms with Crippen molar-refractivity contribution in [3.63, 3.8) is 0 Å². The fourth-order valence-electron chi connectivity index (χ4n) is 2.84. The first-order valence-corrected chi connectivity index (χ1v) is 7.45. The van der Waals surface area contributed by atoms with Crippen LogP contribution in [0.5, 0.6) is 0 Å². The predicted octanol–water partition coefficient (Wildman–Crippen LogP) is 3.66. The Morgan fingerprint density at radius 1 is 1.22 bits per heavy atom. The molecule has 0 fully saturated rings. The number of nitrogens with one attached hydrogen (secondary N) is 2. The van der Waals surface area contributed by atoms with Crippen LogP contribution in [0.4, 0.5) is 11.6 Å². The lowest BCUT2D eigenvalue weighted by molar-refractivity contribution is 0.283. The fraction of sp³-hybridized carbons (Fsp3) is 0.111. The van der Waals surface area contributed by atoms with Crippen molar-refractivity contribution in [2.75, 3.05) is 5.32 Å². The summed E-state index contributed by atoms with van der Waals surface area (Å²) in [4.78, 5) is 12.1. The lowest BCUT2D eigenvalue weighted by Crippen LogP contribution is -1.99. The van der Waals surface area contributed by atoms with Crippen molar-refractivity contribution >= 4 is 33.4 Å². The van der Waals surface area contributed by atoms with Gasteiger partial charge in [0.25, 0.3) is 0 Å². The molecule has 4 rings (SSSR count). The van der Waals surface area contributed by atoms with Gasteiger partial charge in [-0.3, -0.25) is 0 Å². The second-order valence-electron chi connectivity index (χ2n) is 5.56. The highest BCUT2D eigenvalue weighted by molar-refractivity contribution is 5.87. The van der Waals surface area contributed by atoms with Crippen LogP contribution in [0.25, 0.3) is 21.8 Å². The van der Waals surface area contributed by atoms with Crippen LogP contribution < -0.4 is 5.32 Å². The Hall–Kier alpha value is -2.92. The van der Waals surface area contributed by atoms with Gasteiger partial charge in [0.1, 0.15) is 0 Å². The molecule has 0 saturated carbocycles. The molecule has 5 nitrogen and oxygen atoms in total. The Morgan fingerprint density at radius 3 is 3.00 bits per heavy atom. The van der Waals surface area contributed by atoms with Crippen LogP contribution in [0, 0.1) is 6.92 Å². The number of aryl methyl sites for hydroxylation is 1. The molecule has 0 aliphatic heterocycles. The van der Waals surface area contributed by atoms with E-state index in [4.69, 9.17) is 0 Å². The minimum absolute atomic E-state index is 0.0123. The maximum Gasteiger partial charge on any atom is 0.227 e. The highest BCUT2D eigenvalue weighted by Gasteiger charge is 2.07. The fourth-order valence-corrected chi connectivity index (χ4v) is 2.84. The zero-order valence-corrected chi connectivity index (χ0v) is 12.7. The number of aliphatic hydroxyl groups excluding tert-OH is 1. The first-order chi connectivity index (χ1) is 11.2. The Labute approximate surface area is 133 Å². The van der Waals surface area contributed by atoms with E-state index in [0.717, 1.165) is 38.6 Å². The molecule has 0 bridgehead atoms. The minimum atomic E-state index is -0.0123. The van der Waals surface area contributed by atoms with E-state index >= 15 is 0 Å². The summed E-state index contributed by atoms with van der Waals surface area (Å²) in [6, 6.07) is 11.9. The molecule has 0 aliphatic rings. The Morgan fingerprint density at radius 2 is 2.13 bits per heavy atom. The maximum absolute atomic E-state index is 9.55. The molecule has 4 aromatic rings. The van der Waals surface area contributed by atoms with Gasteiger partial charge in [0, 0.05) is 34.4 Å². The Balaban J connectivity index is 1.76. The first kappa shape index (κ1) is 13.7. The Kier molecular flexibility index (Phi) is 3.20. The van der Waals surface area contributed by atoms with Crippen molar-refractivity contribution < 1.29 is 5.11 Å². The molecule has 23 heavy (non-hydrogen) atoms. The van der Waals surface area contributed by atoms with Crippen molar-refractivity contribution in [1.29, 1.82) is 0 Å². The van der Waals surface area contributed by atoms with E-state index in [2.05, 4.69) is 20.3 Å². The van der Waals surface area contributed by atoms with Gasteiger partial charge < -0.3 is 15.4 Å². The maximum atomic E-state index is 9.55. The summed E-state index contributed by atoms with van der Waals surface area (Å²) in [5.74, 6) is 0.543. The highest BCUT2D eigenvalue weighted by Crippen LogP contribution is 2.25. The number of H-pyrrole nitrogens is 1. The highest BCUT2D eigenvalue weighted by atomic mass is 16.3. The second-order valence-corrected chi connectivity index (χ2v) is 5.56. The smallest absolute Gasteiger partial charge is 0.227 e. The van der Waals surface area contributed by atoms with Gasteiger partial charge in [-0.2, -0.15) is 0 Å². The number of aromatic amines is 1. The number of hydrogen-bond donors (Lipinski definition) is 3. The summed E-state index contributed by atoms with van der Waals surface area (Å²) < 4.78 is 0. The molecule has 2 aromatic heterocycles. The molecule has 0 unspecified atom stereocenters. The average molecular weight is 304 g/mol. The summed E-state index contributed by atoms with van der Waals surface area (Å²) in [6.07, 6.45) is 3.68. The van der Waals surface area contributed by atoms with E-state index in [1.807, 2.05) is 55.7 Å². The number of nitrogens with zero attached hydrogens (tertiary/aromatic N) is 2. The predicted molar refractivity (Wildman–Crippen MR) is 91.8 cm³/mol. The third-order valence-corrected chi connectivity index (χ3v) is 3.99. The summed E-state index contributed by atoms with van der Waals surface area (Å²) in [5.41, 5.74) is 4.73. The molecular formula is C18H16N4O. The van der Waals surface area contributed by atoms with Gasteiger partial charge in [-0.25, -0.2) is 9.97 Å².